The molecule has 1 aliphatic carbocycles. The van der Waals surface area contributed by atoms with E-state index in [4.69, 9.17) is 5.11 Å². The van der Waals surface area contributed by atoms with Crippen molar-refractivity contribution in [3.05, 3.63) is 58.9 Å². The van der Waals surface area contributed by atoms with Crippen molar-refractivity contribution in [1.82, 2.24) is 10.3 Å². The smallest absolute Gasteiger partial charge is 0.352 e. The normalized spacial score (nSPS) is 17.4. The summed E-state index contributed by atoms with van der Waals surface area (Å²) in [7, 11) is 0. The molecule has 19 heavy (non-hydrogen) atoms. The Kier molecular flexibility index (Phi) is 3.09. The lowest BCUT2D eigenvalue weighted by Gasteiger charge is -2.12. The predicted molar refractivity (Wildman–Crippen MR) is 72.1 cm³/mol. The lowest BCUT2D eigenvalue weighted by Crippen LogP contribution is -2.19. The van der Waals surface area contributed by atoms with Crippen molar-refractivity contribution in [2.75, 3.05) is 0 Å². The molecule has 0 spiro atoms. The van der Waals surface area contributed by atoms with Crippen LogP contribution in [0.25, 0.3) is 0 Å². The van der Waals surface area contributed by atoms with Crippen molar-refractivity contribution in [1.29, 1.82) is 0 Å². The van der Waals surface area contributed by atoms with Gasteiger partial charge in [-0.3, -0.25) is 0 Å². The van der Waals surface area contributed by atoms with Crippen LogP contribution in [-0.2, 0) is 13.0 Å². The van der Waals surface area contributed by atoms with E-state index in [2.05, 4.69) is 22.4 Å². The number of aromatic carboxylic acids is 1. The number of rotatable bonds is 4. The van der Waals surface area contributed by atoms with Crippen LogP contribution in [0.4, 0.5) is 0 Å². The Morgan fingerprint density at radius 3 is 2.89 bits per heavy atom. The third kappa shape index (κ3) is 2.39. The number of benzene rings is 1. The van der Waals surface area contributed by atoms with Crippen LogP contribution >= 0.6 is 0 Å². The summed E-state index contributed by atoms with van der Waals surface area (Å²) in [4.78, 5) is 14.0. The number of H-pyrrole nitrogens is 1. The number of aryl methyl sites for hydroxylation is 1. The van der Waals surface area contributed by atoms with Crippen LogP contribution in [0.15, 0.2) is 36.4 Å². The fourth-order valence-corrected chi connectivity index (χ4v) is 2.63. The molecule has 0 radical (unpaired) electrons. The fourth-order valence-electron chi connectivity index (χ4n) is 2.63. The van der Waals surface area contributed by atoms with Gasteiger partial charge in [-0.05, 0) is 30.0 Å². The summed E-state index contributed by atoms with van der Waals surface area (Å²) in [5.41, 5.74) is 3.69. The van der Waals surface area contributed by atoms with Crippen LogP contribution in [0.3, 0.4) is 0 Å². The van der Waals surface area contributed by atoms with E-state index in [0.29, 0.717) is 0 Å². The first-order valence-electron chi connectivity index (χ1n) is 6.46. The topological polar surface area (TPSA) is 65.1 Å². The molecule has 1 heterocycles. The molecule has 0 aliphatic heterocycles. The van der Waals surface area contributed by atoms with Crippen LogP contribution < -0.4 is 5.32 Å². The molecule has 3 N–H and O–H groups in total. The van der Waals surface area contributed by atoms with Gasteiger partial charge >= 0.3 is 5.97 Å². The van der Waals surface area contributed by atoms with Crippen LogP contribution in [-0.4, -0.2) is 16.1 Å². The molecule has 0 bridgehead atoms. The van der Waals surface area contributed by atoms with E-state index >= 15 is 0 Å². The maximum atomic E-state index is 10.9. The first-order chi connectivity index (χ1) is 9.24. The summed E-state index contributed by atoms with van der Waals surface area (Å²) < 4.78 is 0. The number of fused-ring (bicyclic) bond motifs is 1. The highest BCUT2D eigenvalue weighted by atomic mass is 16.4. The van der Waals surface area contributed by atoms with E-state index in [9.17, 15) is 4.79 Å². The van der Waals surface area contributed by atoms with Crippen molar-refractivity contribution in [2.24, 2.45) is 0 Å². The molecule has 3 rings (SSSR count). The third-order valence-corrected chi connectivity index (χ3v) is 3.61. The molecule has 1 aromatic heterocycles. The summed E-state index contributed by atoms with van der Waals surface area (Å²) in [5.74, 6) is -0.892. The summed E-state index contributed by atoms with van der Waals surface area (Å²) in [5, 5.41) is 12.5. The molecular weight excluding hydrogens is 240 g/mol. The Hall–Kier alpha value is -2.07. The molecule has 4 nitrogen and oxygen atoms in total. The molecule has 0 amide bonds. The zero-order valence-electron chi connectivity index (χ0n) is 10.5. The molecule has 1 aromatic carbocycles. The predicted octanol–water partition coefficient (Wildman–Crippen LogP) is 2.49. The van der Waals surface area contributed by atoms with Crippen LogP contribution in [0.5, 0.6) is 0 Å². The first-order valence-corrected chi connectivity index (χ1v) is 6.46. The second-order valence-corrected chi connectivity index (χ2v) is 4.88. The van der Waals surface area contributed by atoms with Crippen LogP contribution in [0.2, 0.25) is 0 Å². The van der Waals surface area contributed by atoms with Gasteiger partial charge in [-0.25, -0.2) is 4.79 Å². The largest absolute Gasteiger partial charge is 0.477 e. The van der Waals surface area contributed by atoms with Crippen molar-refractivity contribution in [2.45, 2.75) is 25.4 Å². The Balaban J connectivity index is 1.70. The Morgan fingerprint density at radius 2 is 2.16 bits per heavy atom. The second-order valence-electron chi connectivity index (χ2n) is 4.88. The van der Waals surface area contributed by atoms with Gasteiger partial charge in [0.05, 0.1) is 0 Å². The standard InChI is InChI=1S/C15H16N2O2/c18-15(19)13-8-11-6-7-12(14(11)17-13)16-9-10-4-2-1-3-5-10/h1-5,8,12,16-17H,6-7,9H2,(H,18,19)/t12-/m1/s1. The van der Waals surface area contributed by atoms with E-state index < -0.39 is 5.97 Å². The molecule has 1 aliphatic rings. The summed E-state index contributed by atoms with van der Waals surface area (Å²) >= 11 is 0. The fraction of sp³-hybridized carbons (Fsp3) is 0.267. The third-order valence-electron chi connectivity index (χ3n) is 3.61. The number of aromatic nitrogens is 1. The molecular formula is C15H16N2O2. The molecule has 4 heteroatoms. The number of carboxylic acid groups (broad SMARTS) is 1. The van der Waals surface area contributed by atoms with E-state index in [0.717, 1.165) is 30.6 Å². The summed E-state index contributed by atoms with van der Waals surface area (Å²) in [6.07, 6.45) is 1.96. The van der Waals surface area contributed by atoms with Crippen molar-refractivity contribution >= 4 is 5.97 Å². The van der Waals surface area contributed by atoms with Gasteiger partial charge in [0.25, 0.3) is 0 Å². The van der Waals surface area contributed by atoms with Gasteiger partial charge in [0.15, 0.2) is 0 Å². The number of nitrogens with one attached hydrogen (secondary N) is 2. The van der Waals surface area contributed by atoms with Crippen molar-refractivity contribution in [3.8, 4) is 0 Å². The lowest BCUT2D eigenvalue weighted by molar-refractivity contribution is 0.0691. The molecule has 2 aromatic rings. The Morgan fingerprint density at radius 1 is 1.37 bits per heavy atom. The highest BCUT2D eigenvalue weighted by molar-refractivity contribution is 5.86. The Labute approximate surface area is 111 Å². The number of carbonyl (C=O) groups is 1. The molecule has 0 fully saturated rings. The average Bonchev–Trinajstić information content (AvgIpc) is 2.98. The number of hydrogen-bond donors (Lipinski definition) is 3. The number of aromatic amines is 1. The monoisotopic (exact) mass is 256 g/mol. The lowest BCUT2D eigenvalue weighted by atomic mass is 10.2. The quantitative estimate of drug-likeness (QED) is 0.787. The molecule has 0 saturated heterocycles. The van der Waals surface area contributed by atoms with Gasteiger partial charge in [-0.1, -0.05) is 30.3 Å². The van der Waals surface area contributed by atoms with Crippen molar-refractivity contribution in [3.63, 3.8) is 0 Å². The second kappa shape index (κ2) is 4.90. The van der Waals surface area contributed by atoms with E-state index in [1.54, 1.807) is 6.07 Å². The van der Waals surface area contributed by atoms with E-state index in [1.165, 1.54) is 5.56 Å². The van der Waals surface area contributed by atoms with Gasteiger partial charge in [0.2, 0.25) is 0 Å². The minimum Gasteiger partial charge on any atom is -0.477 e. The van der Waals surface area contributed by atoms with Gasteiger partial charge < -0.3 is 15.4 Å². The minimum absolute atomic E-state index is 0.225. The SMILES string of the molecule is O=C(O)c1cc2c([nH]1)[C@H](NCc1ccccc1)CC2. The molecule has 98 valence electrons. The highest BCUT2D eigenvalue weighted by Gasteiger charge is 2.25. The van der Waals surface area contributed by atoms with E-state index in [1.807, 2.05) is 18.2 Å². The maximum absolute atomic E-state index is 10.9. The summed E-state index contributed by atoms with van der Waals surface area (Å²) in [6, 6.07) is 12.2. The van der Waals surface area contributed by atoms with E-state index in [-0.39, 0.29) is 11.7 Å². The molecule has 0 unspecified atom stereocenters. The van der Waals surface area contributed by atoms with Crippen LogP contribution in [0.1, 0.15) is 39.8 Å². The van der Waals surface area contributed by atoms with Crippen LogP contribution in [0, 0.1) is 0 Å². The van der Waals surface area contributed by atoms with Gasteiger partial charge in [-0.15, -0.1) is 0 Å². The minimum atomic E-state index is -0.892. The van der Waals surface area contributed by atoms with Gasteiger partial charge in [-0.2, -0.15) is 0 Å². The number of carboxylic acids is 1. The first kappa shape index (κ1) is 12.0. The van der Waals surface area contributed by atoms with Gasteiger partial charge in [0, 0.05) is 18.3 Å². The van der Waals surface area contributed by atoms with Crippen molar-refractivity contribution < 1.29 is 9.90 Å². The average molecular weight is 256 g/mol. The maximum Gasteiger partial charge on any atom is 0.352 e. The number of hydrogen-bond acceptors (Lipinski definition) is 2. The summed E-state index contributed by atoms with van der Waals surface area (Å²) in [6.45, 7) is 0.798. The Bertz CT molecular complexity index is 589. The zero-order valence-corrected chi connectivity index (χ0v) is 10.5. The highest BCUT2D eigenvalue weighted by Crippen LogP contribution is 2.31. The molecule has 0 saturated carbocycles. The molecule has 1 atom stereocenters. The van der Waals surface area contributed by atoms with Gasteiger partial charge in [0.1, 0.15) is 5.69 Å². The zero-order chi connectivity index (χ0) is 13.2.